The lowest BCUT2D eigenvalue weighted by atomic mass is 10.1. The highest BCUT2D eigenvalue weighted by molar-refractivity contribution is 5.68. The number of benzene rings is 1. The van der Waals surface area contributed by atoms with Crippen molar-refractivity contribution in [1.29, 1.82) is 0 Å². The number of rotatable bonds is 10. The Hall–Kier alpha value is -2.31. The Bertz CT molecular complexity index is 686. The fourth-order valence-electron chi connectivity index (χ4n) is 3.74. The molecule has 3 atom stereocenters. The maximum Gasteiger partial charge on any atom is 0.407 e. The van der Waals surface area contributed by atoms with E-state index in [4.69, 9.17) is 14.2 Å². The molecule has 166 valence electrons. The SMILES string of the molecule is C=CCN(CC=C)C1CC(OCc2ccc(OC)cc2)CC1NC(=O)OC(C)(C)C. The highest BCUT2D eigenvalue weighted by Crippen LogP contribution is 2.29. The van der Waals surface area contributed by atoms with E-state index in [0.29, 0.717) is 19.7 Å². The summed E-state index contributed by atoms with van der Waals surface area (Å²) < 4.78 is 16.9. The van der Waals surface area contributed by atoms with Gasteiger partial charge in [0.05, 0.1) is 25.9 Å². The molecule has 0 saturated heterocycles. The topological polar surface area (TPSA) is 60.0 Å². The zero-order valence-electron chi connectivity index (χ0n) is 18.7. The van der Waals surface area contributed by atoms with Crippen LogP contribution in [0.2, 0.25) is 0 Å². The molecule has 6 nitrogen and oxygen atoms in total. The molecule has 30 heavy (non-hydrogen) atoms. The van der Waals surface area contributed by atoms with Crippen LogP contribution in [-0.2, 0) is 16.1 Å². The van der Waals surface area contributed by atoms with Gasteiger partial charge in [-0.1, -0.05) is 24.3 Å². The summed E-state index contributed by atoms with van der Waals surface area (Å²) in [7, 11) is 1.65. The van der Waals surface area contributed by atoms with Crippen molar-refractivity contribution in [2.45, 2.75) is 64.0 Å². The van der Waals surface area contributed by atoms with Crippen molar-refractivity contribution in [2.75, 3.05) is 20.2 Å². The molecule has 1 aliphatic rings. The van der Waals surface area contributed by atoms with E-state index < -0.39 is 11.7 Å². The van der Waals surface area contributed by atoms with Gasteiger partial charge in [-0.05, 0) is 51.3 Å². The molecule has 3 unspecified atom stereocenters. The molecule has 1 fully saturated rings. The predicted molar refractivity (Wildman–Crippen MR) is 120 cm³/mol. The number of nitrogens with zero attached hydrogens (tertiary/aromatic N) is 1. The number of hydrogen-bond donors (Lipinski definition) is 1. The molecule has 0 aromatic heterocycles. The van der Waals surface area contributed by atoms with Gasteiger partial charge in [-0.25, -0.2) is 4.79 Å². The molecule has 0 radical (unpaired) electrons. The van der Waals surface area contributed by atoms with E-state index in [1.807, 2.05) is 57.2 Å². The molecule has 2 rings (SSSR count). The molecular formula is C24H36N2O4. The third-order valence-electron chi connectivity index (χ3n) is 5.03. The summed E-state index contributed by atoms with van der Waals surface area (Å²) in [5.41, 5.74) is 0.551. The normalized spacial score (nSPS) is 21.3. The molecule has 0 aliphatic heterocycles. The molecule has 1 aromatic carbocycles. The average Bonchev–Trinajstić information content (AvgIpc) is 3.07. The Labute approximate surface area is 180 Å². The Morgan fingerprint density at radius 3 is 2.33 bits per heavy atom. The monoisotopic (exact) mass is 416 g/mol. The van der Waals surface area contributed by atoms with Gasteiger partial charge in [0.1, 0.15) is 11.4 Å². The minimum atomic E-state index is -0.537. The molecule has 1 aliphatic carbocycles. The van der Waals surface area contributed by atoms with E-state index >= 15 is 0 Å². The smallest absolute Gasteiger partial charge is 0.407 e. The summed E-state index contributed by atoms with van der Waals surface area (Å²) in [6.07, 6.45) is 4.93. The molecule has 6 heteroatoms. The quantitative estimate of drug-likeness (QED) is 0.576. The summed E-state index contributed by atoms with van der Waals surface area (Å²) in [6, 6.07) is 7.92. The van der Waals surface area contributed by atoms with Crippen molar-refractivity contribution < 1.29 is 19.0 Å². The molecular weight excluding hydrogens is 380 g/mol. The summed E-state index contributed by atoms with van der Waals surface area (Å²) >= 11 is 0. The third-order valence-corrected chi connectivity index (χ3v) is 5.03. The fraction of sp³-hybridized carbons (Fsp3) is 0.542. The fourth-order valence-corrected chi connectivity index (χ4v) is 3.74. The number of carbonyl (C=O) groups excluding carboxylic acids is 1. The molecule has 1 amide bonds. The van der Waals surface area contributed by atoms with Crippen LogP contribution in [0.3, 0.4) is 0 Å². The molecule has 0 heterocycles. The Kier molecular flexibility index (Phi) is 8.93. The van der Waals surface area contributed by atoms with E-state index in [-0.39, 0.29) is 18.2 Å². The minimum Gasteiger partial charge on any atom is -0.497 e. The molecule has 0 bridgehead atoms. The van der Waals surface area contributed by atoms with Crippen LogP contribution >= 0.6 is 0 Å². The van der Waals surface area contributed by atoms with Crippen molar-refractivity contribution in [3.05, 3.63) is 55.1 Å². The summed E-state index contributed by atoms with van der Waals surface area (Å²) in [6.45, 7) is 15.3. The predicted octanol–water partition coefficient (Wildman–Crippen LogP) is 4.31. The van der Waals surface area contributed by atoms with Gasteiger partial charge in [-0.3, -0.25) is 4.90 Å². The van der Waals surface area contributed by atoms with Crippen LogP contribution in [0.15, 0.2) is 49.6 Å². The van der Waals surface area contributed by atoms with Gasteiger partial charge in [-0.15, -0.1) is 13.2 Å². The van der Waals surface area contributed by atoms with Gasteiger partial charge in [0, 0.05) is 19.1 Å². The average molecular weight is 417 g/mol. The van der Waals surface area contributed by atoms with Crippen molar-refractivity contribution in [3.63, 3.8) is 0 Å². The first-order valence-electron chi connectivity index (χ1n) is 10.5. The Morgan fingerprint density at radius 1 is 1.17 bits per heavy atom. The standard InChI is InChI=1S/C24H36N2O4/c1-7-13-26(14-8-2)22-16-20(15-21(22)25-23(27)30-24(3,4)5)29-17-18-9-11-19(28-6)12-10-18/h7-12,20-22H,1-2,13-17H2,3-6H3,(H,25,27). The van der Waals surface area contributed by atoms with Crippen LogP contribution in [0.4, 0.5) is 4.79 Å². The van der Waals surface area contributed by atoms with Crippen LogP contribution in [0.25, 0.3) is 0 Å². The number of amides is 1. The first kappa shape index (κ1) is 24.0. The number of alkyl carbamates (subject to hydrolysis) is 1. The second kappa shape index (κ2) is 11.2. The zero-order valence-corrected chi connectivity index (χ0v) is 18.7. The van der Waals surface area contributed by atoms with E-state index in [0.717, 1.165) is 24.2 Å². The number of ether oxygens (including phenoxy) is 3. The zero-order chi connectivity index (χ0) is 22.1. The molecule has 1 aromatic rings. The first-order valence-corrected chi connectivity index (χ1v) is 10.5. The number of hydrogen-bond acceptors (Lipinski definition) is 5. The van der Waals surface area contributed by atoms with Gasteiger partial charge >= 0.3 is 6.09 Å². The molecule has 0 spiro atoms. The highest BCUT2D eigenvalue weighted by Gasteiger charge is 2.39. The van der Waals surface area contributed by atoms with E-state index in [1.54, 1.807) is 7.11 Å². The van der Waals surface area contributed by atoms with Crippen molar-refractivity contribution >= 4 is 6.09 Å². The van der Waals surface area contributed by atoms with Gasteiger partial charge in [0.25, 0.3) is 0 Å². The lowest BCUT2D eigenvalue weighted by Crippen LogP contribution is -2.49. The summed E-state index contributed by atoms with van der Waals surface area (Å²) in [5.74, 6) is 0.825. The van der Waals surface area contributed by atoms with Crippen LogP contribution in [0.1, 0.15) is 39.2 Å². The highest BCUT2D eigenvalue weighted by atomic mass is 16.6. The van der Waals surface area contributed by atoms with Gasteiger partial charge in [0.15, 0.2) is 0 Å². The second-order valence-corrected chi connectivity index (χ2v) is 8.60. The maximum atomic E-state index is 12.4. The lowest BCUT2D eigenvalue weighted by molar-refractivity contribution is 0.0388. The number of carbonyl (C=O) groups is 1. The van der Waals surface area contributed by atoms with Crippen LogP contribution in [0.5, 0.6) is 5.75 Å². The van der Waals surface area contributed by atoms with Crippen LogP contribution < -0.4 is 10.1 Å². The second-order valence-electron chi connectivity index (χ2n) is 8.60. The van der Waals surface area contributed by atoms with Crippen LogP contribution in [-0.4, -0.2) is 55.0 Å². The van der Waals surface area contributed by atoms with Crippen molar-refractivity contribution in [2.24, 2.45) is 0 Å². The number of nitrogens with one attached hydrogen (secondary N) is 1. The first-order chi connectivity index (χ1) is 14.3. The largest absolute Gasteiger partial charge is 0.497 e. The van der Waals surface area contributed by atoms with E-state index in [9.17, 15) is 4.79 Å². The Balaban J connectivity index is 2.04. The van der Waals surface area contributed by atoms with Crippen molar-refractivity contribution in [3.8, 4) is 5.75 Å². The summed E-state index contributed by atoms with van der Waals surface area (Å²) in [5, 5.41) is 3.06. The van der Waals surface area contributed by atoms with E-state index in [1.165, 1.54) is 0 Å². The van der Waals surface area contributed by atoms with Crippen LogP contribution in [0, 0.1) is 0 Å². The van der Waals surface area contributed by atoms with Gasteiger partial charge in [0.2, 0.25) is 0 Å². The molecule has 1 saturated carbocycles. The molecule has 1 N–H and O–H groups in total. The number of methoxy groups -OCH3 is 1. The lowest BCUT2D eigenvalue weighted by Gasteiger charge is -2.32. The summed E-state index contributed by atoms with van der Waals surface area (Å²) in [4.78, 5) is 14.7. The van der Waals surface area contributed by atoms with Gasteiger partial charge < -0.3 is 19.5 Å². The minimum absolute atomic E-state index is 0.0363. The van der Waals surface area contributed by atoms with Gasteiger partial charge in [-0.2, -0.15) is 0 Å². The Morgan fingerprint density at radius 2 is 1.80 bits per heavy atom. The third kappa shape index (κ3) is 7.50. The van der Waals surface area contributed by atoms with E-state index in [2.05, 4.69) is 23.4 Å². The van der Waals surface area contributed by atoms with Crippen molar-refractivity contribution in [1.82, 2.24) is 10.2 Å². The maximum absolute atomic E-state index is 12.4.